The lowest BCUT2D eigenvalue weighted by Gasteiger charge is -2.10. The number of aliphatic hydroxyl groups is 2. The van der Waals surface area contributed by atoms with Crippen LogP contribution in [0.4, 0.5) is 10.1 Å². The Bertz CT molecular complexity index is 678. The van der Waals surface area contributed by atoms with Crippen LogP contribution >= 0.6 is 11.8 Å². The molecule has 2 N–H and O–H groups in total. The average Bonchev–Trinajstić information content (AvgIpc) is 2.49. The van der Waals surface area contributed by atoms with Gasteiger partial charge in [-0.1, -0.05) is 11.8 Å². The van der Waals surface area contributed by atoms with E-state index < -0.39 is 10.7 Å². The molecule has 0 spiro atoms. The Labute approximate surface area is 124 Å². The zero-order valence-corrected chi connectivity index (χ0v) is 11.6. The number of rotatable bonds is 5. The van der Waals surface area contributed by atoms with E-state index in [1.807, 2.05) is 0 Å². The molecule has 0 amide bonds. The van der Waals surface area contributed by atoms with Gasteiger partial charge in [0, 0.05) is 21.9 Å². The molecule has 110 valence electrons. The van der Waals surface area contributed by atoms with E-state index in [2.05, 4.69) is 0 Å². The van der Waals surface area contributed by atoms with Crippen molar-refractivity contribution >= 4 is 17.4 Å². The lowest BCUT2D eigenvalue weighted by Crippen LogP contribution is -1.94. The third kappa shape index (κ3) is 3.57. The van der Waals surface area contributed by atoms with Gasteiger partial charge in [-0.15, -0.1) is 0 Å². The Hall–Kier alpha value is -1.96. The second kappa shape index (κ2) is 6.66. The van der Waals surface area contributed by atoms with Gasteiger partial charge in [-0.25, -0.2) is 4.39 Å². The van der Waals surface area contributed by atoms with E-state index in [1.165, 1.54) is 48.2 Å². The van der Waals surface area contributed by atoms with Gasteiger partial charge in [-0.3, -0.25) is 10.1 Å². The van der Waals surface area contributed by atoms with E-state index >= 15 is 0 Å². The maximum absolute atomic E-state index is 13.1. The van der Waals surface area contributed by atoms with E-state index in [1.54, 1.807) is 0 Å². The van der Waals surface area contributed by atoms with Crippen LogP contribution in [0.15, 0.2) is 46.2 Å². The number of hydrogen-bond donors (Lipinski definition) is 2. The highest BCUT2D eigenvalue weighted by molar-refractivity contribution is 7.99. The molecule has 2 aromatic carbocycles. The molecule has 0 bridgehead atoms. The highest BCUT2D eigenvalue weighted by Gasteiger charge is 2.13. The fourth-order valence-corrected chi connectivity index (χ4v) is 2.81. The zero-order valence-electron chi connectivity index (χ0n) is 10.8. The molecule has 0 aromatic heterocycles. The first-order valence-electron chi connectivity index (χ1n) is 6.00. The van der Waals surface area contributed by atoms with Crippen LogP contribution in [0.2, 0.25) is 0 Å². The summed E-state index contributed by atoms with van der Waals surface area (Å²) in [4.78, 5) is 11.4. The average molecular weight is 309 g/mol. The van der Waals surface area contributed by atoms with Gasteiger partial charge in [0.15, 0.2) is 0 Å². The second-order valence-electron chi connectivity index (χ2n) is 4.22. The van der Waals surface area contributed by atoms with Gasteiger partial charge in [0.2, 0.25) is 0 Å². The van der Waals surface area contributed by atoms with Crippen LogP contribution in [0.1, 0.15) is 11.1 Å². The van der Waals surface area contributed by atoms with Crippen LogP contribution in [-0.2, 0) is 13.2 Å². The second-order valence-corrected chi connectivity index (χ2v) is 5.30. The summed E-state index contributed by atoms with van der Waals surface area (Å²) in [5.74, 6) is -0.450. The van der Waals surface area contributed by atoms with E-state index in [-0.39, 0.29) is 18.9 Å². The van der Waals surface area contributed by atoms with Crippen LogP contribution in [0.5, 0.6) is 0 Å². The molecule has 0 saturated heterocycles. The highest BCUT2D eigenvalue weighted by Crippen LogP contribution is 2.34. The number of halogens is 1. The van der Waals surface area contributed by atoms with E-state index in [9.17, 15) is 24.7 Å². The van der Waals surface area contributed by atoms with Gasteiger partial charge >= 0.3 is 0 Å². The number of nitro groups is 1. The molecule has 21 heavy (non-hydrogen) atoms. The van der Waals surface area contributed by atoms with Crippen molar-refractivity contribution in [2.24, 2.45) is 0 Å². The molecule has 0 atom stereocenters. The first-order chi connectivity index (χ1) is 10.0. The Morgan fingerprint density at radius 1 is 1.05 bits per heavy atom. The number of nitro benzene ring substituents is 1. The maximum Gasteiger partial charge on any atom is 0.269 e. The summed E-state index contributed by atoms with van der Waals surface area (Å²) in [6, 6.07) is 8.18. The van der Waals surface area contributed by atoms with E-state index in [0.29, 0.717) is 20.9 Å². The van der Waals surface area contributed by atoms with Crippen LogP contribution in [0.25, 0.3) is 0 Å². The van der Waals surface area contributed by atoms with E-state index in [0.717, 1.165) is 0 Å². The third-order valence-corrected chi connectivity index (χ3v) is 4.07. The van der Waals surface area contributed by atoms with Crippen molar-refractivity contribution in [3.63, 3.8) is 0 Å². The monoisotopic (exact) mass is 309 g/mol. The Kier molecular flexibility index (Phi) is 4.89. The first-order valence-corrected chi connectivity index (χ1v) is 6.82. The summed E-state index contributed by atoms with van der Waals surface area (Å²) in [7, 11) is 0. The molecule has 0 aliphatic rings. The minimum absolute atomic E-state index is 0.107. The molecule has 0 fully saturated rings. The van der Waals surface area contributed by atoms with Crippen molar-refractivity contribution in [1.82, 2.24) is 0 Å². The van der Waals surface area contributed by atoms with Crippen molar-refractivity contribution in [3.05, 3.63) is 63.5 Å². The summed E-state index contributed by atoms with van der Waals surface area (Å²) >= 11 is 1.21. The molecule has 0 radical (unpaired) electrons. The van der Waals surface area contributed by atoms with Crippen molar-refractivity contribution in [1.29, 1.82) is 0 Å². The van der Waals surface area contributed by atoms with Crippen LogP contribution < -0.4 is 0 Å². The standard InChI is InChI=1S/C14H12FNO4S/c15-11-1-3-13(9(5-11)7-17)21-14-4-2-12(16(19)20)6-10(14)8-18/h1-6,17-18H,7-8H2. The molecular formula is C14H12FNO4S. The lowest BCUT2D eigenvalue weighted by atomic mass is 10.2. The Balaban J connectivity index is 2.37. The van der Waals surface area contributed by atoms with Gasteiger partial charge in [-0.05, 0) is 35.4 Å². The predicted molar refractivity (Wildman–Crippen MR) is 75.5 cm³/mol. The normalized spacial score (nSPS) is 10.6. The number of non-ortho nitro benzene ring substituents is 1. The first kappa shape index (κ1) is 15.4. The van der Waals surface area contributed by atoms with Gasteiger partial charge < -0.3 is 10.2 Å². The predicted octanol–water partition coefficient (Wildman–Crippen LogP) is 2.87. The largest absolute Gasteiger partial charge is 0.392 e. The van der Waals surface area contributed by atoms with Gasteiger partial charge in [0.25, 0.3) is 5.69 Å². The van der Waals surface area contributed by atoms with Crippen LogP contribution in [0.3, 0.4) is 0 Å². The molecule has 2 rings (SSSR count). The molecule has 0 saturated carbocycles. The number of nitrogens with zero attached hydrogens (tertiary/aromatic N) is 1. The summed E-state index contributed by atoms with van der Waals surface area (Å²) in [6.07, 6.45) is 0. The molecular weight excluding hydrogens is 297 g/mol. The maximum atomic E-state index is 13.1. The van der Waals surface area contributed by atoms with Crippen LogP contribution in [0, 0.1) is 15.9 Å². The highest BCUT2D eigenvalue weighted by atomic mass is 32.2. The molecule has 0 aliphatic heterocycles. The van der Waals surface area contributed by atoms with Gasteiger partial charge in [0.05, 0.1) is 18.1 Å². The topological polar surface area (TPSA) is 83.6 Å². The van der Waals surface area contributed by atoms with Crippen molar-refractivity contribution < 1.29 is 19.5 Å². The minimum atomic E-state index is -0.537. The molecule has 2 aromatic rings. The zero-order chi connectivity index (χ0) is 15.4. The van der Waals surface area contributed by atoms with Crippen molar-refractivity contribution in [2.45, 2.75) is 23.0 Å². The number of hydrogen-bond acceptors (Lipinski definition) is 5. The third-order valence-electron chi connectivity index (χ3n) is 2.84. The van der Waals surface area contributed by atoms with Gasteiger partial charge in [0.1, 0.15) is 5.82 Å². The van der Waals surface area contributed by atoms with E-state index in [4.69, 9.17) is 0 Å². The SMILES string of the molecule is O=[N+]([O-])c1ccc(Sc2ccc(F)cc2CO)c(CO)c1. The quantitative estimate of drug-likeness (QED) is 0.655. The van der Waals surface area contributed by atoms with Crippen LogP contribution in [-0.4, -0.2) is 15.1 Å². The van der Waals surface area contributed by atoms with Crippen molar-refractivity contribution in [2.75, 3.05) is 0 Å². The van der Waals surface area contributed by atoms with Gasteiger partial charge in [-0.2, -0.15) is 0 Å². The molecule has 0 heterocycles. The molecule has 0 aliphatic carbocycles. The van der Waals surface area contributed by atoms with Crippen molar-refractivity contribution in [3.8, 4) is 0 Å². The lowest BCUT2D eigenvalue weighted by molar-refractivity contribution is -0.385. The minimum Gasteiger partial charge on any atom is -0.392 e. The fourth-order valence-electron chi connectivity index (χ4n) is 1.79. The molecule has 5 nitrogen and oxygen atoms in total. The smallest absolute Gasteiger partial charge is 0.269 e. The summed E-state index contributed by atoms with van der Waals surface area (Å²) in [5, 5.41) is 29.3. The Morgan fingerprint density at radius 2 is 1.62 bits per heavy atom. The number of aliphatic hydroxyl groups excluding tert-OH is 2. The number of benzene rings is 2. The molecule has 0 unspecified atom stereocenters. The summed E-state index contributed by atoms with van der Waals surface area (Å²) in [6.45, 7) is -0.665. The molecule has 7 heteroatoms. The fraction of sp³-hybridized carbons (Fsp3) is 0.143. The summed E-state index contributed by atoms with van der Waals surface area (Å²) < 4.78 is 13.1. The summed E-state index contributed by atoms with van der Waals surface area (Å²) in [5.41, 5.74) is 0.717. The Morgan fingerprint density at radius 3 is 2.19 bits per heavy atom.